The molecule has 1 atom stereocenters. The Morgan fingerprint density at radius 2 is 2.00 bits per heavy atom. The van der Waals surface area contributed by atoms with E-state index in [-0.39, 0.29) is 10.7 Å². The molecule has 0 aliphatic rings. The first-order valence-electron chi connectivity index (χ1n) is 4.02. The number of hydrogen-bond acceptors (Lipinski definition) is 2. The first-order chi connectivity index (χ1) is 6.63. The van der Waals surface area contributed by atoms with Gasteiger partial charge in [0.2, 0.25) is 0 Å². The van der Waals surface area contributed by atoms with Crippen LogP contribution >= 0.6 is 15.9 Å². The Bertz CT molecular complexity index is 337. The van der Waals surface area contributed by atoms with Crippen molar-refractivity contribution < 1.29 is 8.53 Å². The molecule has 0 bridgehead atoms. The molecule has 3 nitrogen and oxygen atoms in total. The van der Waals surface area contributed by atoms with Crippen molar-refractivity contribution in [2.24, 2.45) is 0 Å². The zero-order valence-corrected chi connectivity index (χ0v) is 11.0. The fourth-order valence-corrected chi connectivity index (χ4v) is 1.53. The number of anilines is 1. The molecular formula is C9H9AsBrNO2. The van der Waals surface area contributed by atoms with Crippen LogP contribution in [0.5, 0.6) is 0 Å². The van der Waals surface area contributed by atoms with Gasteiger partial charge in [0.25, 0.3) is 0 Å². The van der Waals surface area contributed by atoms with Crippen LogP contribution < -0.4 is 9.67 Å². The number of alkyl halides is 1. The SMILES string of the molecule is CC(Br)C(=O)Nc1ccc([As]=O)cc1. The Morgan fingerprint density at radius 1 is 1.43 bits per heavy atom. The summed E-state index contributed by atoms with van der Waals surface area (Å²) in [5.41, 5.74) is 0.722. The topological polar surface area (TPSA) is 46.2 Å². The summed E-state index contributed by atoms with van der Waals surface area (Å²) in [6.07, 6.45) is 0. The van der Waals surface area contributed by atoms with Gasteiger partial charge in [-0.25, -0.2) is 0 Å². The third-order valence-electron chi connectivity index (χ3n) is 1.60. The van der Waals surface area contributed by atoms with E-state index in [2.05, 4.69) is 21.2 Å². The molecule has 1 amide bonds. The molecule has 1 aromatic rings. The Morgan fingerprint density at radius 3 is 2.43 bits per heavy atom. The normalized spacial score (nSPS) is 12.4. The van der Waals surface area contributed by atoms with Crippen molar-refractivity contribution in [2.45, 2.75) is 11.8 Å². The third-order valence-corrected chi connectivity index (χ3v) is 3.09. The summed E-state index contributed by atoms with van der Waals surface area (Å²) in [6, 6.07) is 7.00. The van der Waals surface area contributed by atoms with E-state index in [0.29, 0.717) is 0 Å². The number of rotatable bonds is 3. The van der Waals surface area contributed by atoms with Gasteiger partial charge in [-0.1, -0.05) is 0 Å². The maximum absolute atomic E-state index is 11.3. The minimum atomic E-state index is -0.980. The van der Waals surface area contributed by atoms with Crippen LogP contribution in [0.4, 0.5) is 5.69 Å². The van der Waals surface area contributed by atoms with E-state index in [9.17, 15) is 8.53 Å². The van der Waals surface area contributed by atoms with Crippen LogP contribution in [0.2, 0.25) is 0 Å². The van der Waals surface area contributed by atoms with Crippen LogP contribution in [0.1, 0.15) is 6.92 Å². The van der Waals surface area contributed by atoms with Gasteiger partial charge in [0.1, 0.15) is 0 Å². The van der Waals surface area contributed by atoms with Gasteiger partial charge in [-0.3, -0.25) is 0 Å². The van der Waals surface area contributed by atoms with Crippen molar-refractivity contribution in [3.8, 4) is 0 Å². The molecule has 0 aliphatic heterocycles. The standard InChI is InChI=1S/C9H9AsBrNO2/c1-6(11)9(13)12-8-4-2-7(10-14)3-5-8/h2-6H,1H3,(H,12,13). The van der Waals surface area contributed by atoms with E-state index in [1.165, 1.54) is 0 Å². The van der Waals surface area contributed by atoms with Crippen molar-refractivity contribution >= 4 is 47.6 Å². The van der Waals surface area contributed by atoms with Crippen LogP contribution in [0.3, 0.4) is 0 Å². The van der Waals surface area contributed by atoms with Crippen LogP contribution in [0.15, 0.2) is 24.3 Å². The Hall–Kier alpha value is -0.472. The molecule has 0 heterocycles. The quantitative estimate of drug-likeness (QED) is 0.670. The van der Waals surface area contributed by atoms with Gasteiger partial charge in [0.15, 0.2) is 0 Å². The zero-order chi connectivity index (χ0) is 10.6. The molecule has 14 heavy (non-hydrogen) atoms. The fraction of sp³-hybridized carbons (Fsp3) is 0.222. The van der Waals surface area contributed by atoms with Crippen molar-refractivity contribution in [1.29, 1.82) is 0 Å². The van der Waals surface area contributed by atoms with Gasteiger partial charge in [-0.2, -0.15) is 0 Å². The molecule has 0 aromatic heterocycles. The average molecular weight is 318 g/mol. The number of hydrogen-bond donors (Lipinski definition) is 1. The van der Waals surface area contributed by atoms with Gasteiger partial charge in [-0.15, -0.1) is 0 Å². The van der Waals surface area contributed by atoms with E-state index in [1.54, 1.807) is 31.2 Å². The van der Waals surface area contributed by atoms with Crippen LogP contribution in [0, 0.1) is 0 Å². The van der Waals surface area contributed by atoms with Crippen molar-refractivity contribution in [1.82, 2.24) is 0 Å². The van der Waals surface area contributed by atoms with E-state index in [4.69, 9.17) is 0 Å². The Balaban J connectivity index is 2.69. The second kappa shape index (κ2) is 5.42. The van der Waals surface area contributed by atoms with Gasteiger partial charge in [0.05, 0.1) is 0 Å². The molecular weight excluding hydrogens is 309 g/mol. The van der Waals surface area contributed by atoms with Gasteiger partial charge >= 0.3 is 97.4 Å². The molecule has 74 valence electrons. The Labute approximate surface area is 97.3 Å². The molecule has 0 aliphatic carbocycles. The van der Waals surface area contributed by atoms with Gasteiger partial charge in [0, 0.05) is 0 Å². The fourth-order valence-electron chi connectivity index (χ4n) is 0.847. The predicted octanol–water partition coefficient (Wildman–Crippen LogP) is 1.08. The third kappa shape index (κ3) is 3.35. The molecule has 5 heteroatoms. The molecule has 0 saturated carbocycles. The van der Waals surface area contributed by atoms with Crippen LogP contribution in [-0.4, -0.2) is 26.4 Å². The number of amides is 1. The van der Waals surface area contributed by atoms with Crippen molar-refractivity contribution in [2.75, 3.05) is 5.32 Å². The summed E-state index contributed by atoms with van der Waals surface area (Å²) in [5, 5.41) is 2.72. The molecule has 0 fully saturated rings. The molecule has 1 aromatic carbocycles. The molecule has 0 spiro atoms. The number of nitrogens with one attached hydrogen (secondary N) is 1. The molecule has 1 rings (SSSR count). The van der Waals surface area contributed by atoms with E-state index in [1.807, 2.05) is 0 Å². The summed E-state index contributed by atoms with van der Waals surface area (Å²) in [5.74, 6) is -0.0897. The van der Waals surface area contributed by atoms with E-state index in [0.717, 1.165) is 10.0 Å². The summed E-state index contributed by atoms with van der Waals surface area (Å²) in [4.78, 5) is 11.0. The molecule has 1 N–H and O–H groups in total. The summed E-state index contributed by atoms with van der Waals surface area (Å²) in [7, 11) is 0. The summed E-state index contributed by atoms with van der Waals surface area (Å²) < 4.78 is 11.4. The van der Waals surface area contributed by atoms with Crippen LogP contribution in [-0.2, 0) is 8.53 Å². The van der Waals surface area contributed by atoms with Crippen LogP contribution in [0.25, 0.3) is 0 Å². The number of halogens is 1. The first-order valence-corrected chi connectivity index (χ1v) is 6.64. The second-order valence-corrected chi connectivity index (χ2v) is 5.58. The van der Waals surface area contributed by atoms with Crippen molar-refractivity contribution in [3.63, 3.8) is 0 Å². The molecule has 0 radical (unpaired) electrons. The van der Waals surface area contributed by atoms with Gasteiger partial charge in [-0.05, 0) is 0 Å². The number of carbonyl (C=O) groups excluding carboxylic acids is 1. The van der Waals surface area contributed by atoms with Gasteiger partial charge < -0.3 is 0 Å². The minimum absolute atomic E-state index is 0.0897. The Kier molecular flexibility index (Phi) is 4.49. The molecule has 0 saturated heterocycles. The molecule has 1 unspecified atom stereocenters. The van der Waals surface area contributed by atoms with E-state index < -0.39 is 15.7 Å². The summed E-state index contributed by atoms with van der Waals surface area (Å²) in [6.45, 7) is 1.76. The number of benzene rings is 1. The number of carbonyl (C=O) groups is 1. The monoisotopic (exact) mass is 317 g/mol. The van der Waals surface area contributed by atoms with E-state index >= 15 is 0 Å². The zero-order valence-electron chi connectivity index (χ0n) is 7.53. The predicted molar refractivity (Wildman–Crippen MR) is 59.5 cm³/mol. The first kappa shape index (κ1) is 11.6. The van der Waals surface area contributed by atoms with Crippen molar-refractivity contribution in [3.05, 3.63) is 24.3 Å². The average Bonchev–Trinajstić information content (AvgIpc) is 2.19. The maximum atomic E-state index is 11.3. The summed E-state index contributed by atoms with van der Waals surface area (Å²) >= 11 is 2.19. The second-order valence-electron chi connectivity index (χ2n) is 2.74.